The zero-order chi connectivity index (χ0) is 19.3. The number of rotatable bonds is 6. The smallest absolute Gasteiger partial charge is 0.416 e. The van der Waals surface area contributed by atoms with Crippen LogP contribution in [0.4, 0.5) is 18.9 Å². The van der Waals surface area contributed by atoms with Gasteiger partial charge >= 0.3 is 6.18 Å². The summed E-state index contributed by atoms with van der Waals surface area (Å²) < 4.78 is 44.0. The number of anilines is 1. The van der Waals surface area contributed by atoms with Gasteiger partial charge in [0, 0.05) is 3.57 Å². The van der Waals surface area contributed by atoms with Crippen molar-refractivity contribution in [1.82, 2.24) is 0 Å². The second kappa shape index (κ2) is 8.39. The average Bonchev–Trinajstić information content (AvgIpc) is 2.54. The Morgan fingerprint density at radius 1 is 1.12 bits per heavy atom. The van der Waals surface area contributed by atoms with E-state index in [0.29, 0.717) is 14.9 Å². The van der Waals surface area contributed by atoms with Gasteiger partial charge in [0.25, 0.3) is 5.91 Å². The first-order chi connectivity index (χ1) is 12.1. The molecule has 0 aliphatic rings. The maximum atomic E-state index is 12.7. The van der Waals surface area contributed by atoms with Crippen molar-refractivity contribution in [2.45, 2.75) is 12.6 Å². The number of carbonyl (C=O) groups excluding carboxylic acids is 2. The summed E-state index contributed by atoms with van der Waals surface area (Å²) >= 11 is 1.83. The number of ether oxygens (including phenoxy) is 1. The molecule has 0 fully saturated rings. The normalized spacial score (nSPS) is 11.1. The van der Waals surface area contributed by atoms with Crippen LogP contribution in [0.2, 0.25) is 0 Å². The summed E-state index contributed by atoms with van der Waals surface area (Å²) in [5.74, 6) is -0.677. The molecule has 0 saturated heterocycles. The number of nitrogens with one attached hydrogen (secondary N) is 1. The number of nitrogens with two attached hydrogens (primary N) is 1. The number of alkyl halides is 3. The Labute approximate surface area is 160 Å². The number of benzene rings is 2. The van der Waals surface area contributed by atoms with Crippen LogP contribution in [-0.2, 0) is 22.2 Å². The summed E-state index contributed by atoms with van der Waals surface area (Å²) in [5, 5.41) is 2.40. The van der Waals surface area contributed by atoms with Crippen molar-refractivity contribution in [3.63, 3.8) is 0 Å². The Bertz CT molecular complexity index is 808. The molecule has 0 spiro atoms. The van der Waals surface area contributed by atoms with Crippen molar-refractivity contribution >= 4 is 40.1 Å². The summed E-state index contributed by atoms with van der Waals surface area (Å²) in [4.78, 5) is 22.8. The molecule has 26 heavy (non-hydrogen) atoms. The quantitative estimate of drug-likeness (QED) is 0.626. The van der Waals surface area contributed by atoms with Gasteiger partial charge in [0.15, 0.2) is 6.61 Å². The molecule has 0 bridgehead atoms. The van der Waals surface area contributed by atoms with Crippen LogP contribution >= 0.6 is 22.6 Å². The topological polar surface area (TPSA) is 81.4 Å². The standard InChI is InChI=1S/C17H14F3IN2O3/c18-17(19,20)11-3-6-13(21)14(8-11)23-16(25)9-26-12-4-1-10(2-5-12)7-15(22)24/h1-6,8H,7,9H2,(H2,22,24)(H,23,25). The van der Waals surface area contributed by atoms with Gasteiger partial charge in [-0.15, -0.1) is 0 Å². The van der Waals surface area contributed by atoms with Gasteiger partial charge < -0.3 is 15.8 Å². The van der Waals surface area contributed by atoms with Crippen LogP contribution in [0.5, 0.6) is 5.75 Å². The largest absolute Gasteiger partial charge is 0.484 e. The molecule has 0 aromatic heterocycles. The SMILES string of the molecule is NC(=O)Cc1ccc(OCC(=O)Nc2cc(C(F)(F)F)ccc2I)cc1. The van der Waals surface area contributed by atoms with Gasteiger partial charge in [-0.1, -0.05) is 12.1 Å². The van der Waals surface area contributed by atoms with Gasteiger partial charge in [0.2, 0.25) is 5.91 Å². The molecule has 2 aromatic rings. The van der Waals surface area contributed by atoms with E-state index in [1.54, 1.807) is 24.3 Å². The molecule has 0 radical (unpaired) electrons. The van der Waals surface area contributed by atoms with Crippen molar-refractivity contribution < 1.29 is 27.5 Å². The van der Waals surface area contributed by atoms with Crippen LogP contribution in [0.3, 0.4) is 0 Å². The lowest BCUT2D eigenvalue weighted by Crippen LogP contribution is -2.21. The number of hydrogen-bond donors (Lipinski definition) is 2. The molecule has 3 N–H and O–H groups in total. The highest BCUT2D eigenvalue weighted by Gasteiger charge is 2.31. The van der Waals surface area contributed by atoms with Crippen LogP contribution in [0, 0.1) is 3.57 Å². The number of hydrogen-bond acceptors (Lipinski definition) is 3. The van der Waals surface area contributed by atoms with Crippen molar-refractivity contribution in [3.05, 3.63) is 57.2 Å². The average molecular weight is 478 g/mol. The van der Waals surface area contributed by atoms with E-state index < -0.39 is 23.6 Å². The zero-order valence-electron chi connectivity index (χ0n) is 13.3. The van der Waals surface area contributed by atoms with Crippen LogP contribution in [0.1, 0.15) is 11.1 Å². The van der Waals surface area contributed by atoms with Crippen LogP contribution in [0.25, 0.3) is 0 Å². The predicted molar refractivity (Wildman–Crippen MR) is 97.6 cm³/mol. The first-order valence-electron chi connectivity index (χ1n) is 7.32. The second-order valence-electron chi connectivity index (χ2n) is 5.32. The van der Waals surface area contributed by atoms with Gasteiger partial charge in [-0.25, -0.2) is 0 Å². The molecule has 0 saturated carbocycles. The lowest BCUT2D eigenvalue weighted by Gasteiger charge is -2.12. The third kappa shape index (κ3) is 5.90. The monoisotopic (exact) mass is 478 g/mol. The molecule has 0 aliphatic carbocycles. The Hall–Kier alpha value is -2.30. The molecular formula is C17H14F3IN2O3. The molecule has 2 amide bonds. The van der Waals surface area contributed by atoms with Gasteiger partial charge in [0.1, 0.15) is 5.75 Å². The van der Waals surface area contributed by atoms with E-state index in [4.69, 9.17) is 10.5 Å². The first kappa shape index (κ1) is 20.0. The molecular weight excluding hydrogens is 464 g/mol. The van der Waals surface area contributed by atoms with Gasteiger partial charge in [-0.3, -0.25) is 9.59 Å². The molecule has 138 valence electrons. The number of carbonyl (C=O) groups is 2. The predicted octanol–water partition coefficient (Wildman–Crippen LogP) is 3.36. The third-order valence-electron chi connectivity index (χ3n) is 3.24. The maximum absolute atomic E-state index is 12.7. The lowest BCUT2D eigenvalue weighted by atomic mass is 10.1. The van der Waals surface area contributed by atoms with E-state index in [-0.39, 0.29) is 18.7 Å². The number of halogens is 4. The van der Waals surface area contributed by atoms with Crippen molar-refractivity contribution in [3.8, 4) is 5.75 Å². The van der Waals surface area contributed by atoms with Crippen LogP contribution < -0.4 is 15.8 Å². The van der Waals surface area contributed by atoms with Crippen LogP contribution in [0.15, 0.2) is 42.5 Å². The molecule has 0 aliphatic heterocycles. The summed E-state index contributed by atoms with van der Waals surface area (Å²) in [6.07, 6.45) is -4.40. The van der Waals surface area contributed by atoms with E-state index in [2.05, 4.69) is 5.32 Å². The fraction of sp³-hybridized carbons (Fsp3) is 0.176. The molecule has 2 rings (SSSR count). The number of primary amides is 1. The third-order valence-corrected chi connectivity index (χ3v) is 4.18. The minimum atomic E-state index is -4.49. The fourth-order valence-electron chi connectivity index (χ4n) is 2.04. The Balaban J connectivity index is 1.96. The minimum Gasteiger partial charge on any atom is -0.484 e. The summed E-state index contributed by atoms with van der Waals surface area (Å²) in [5.41, 5.74) is 5.00. The van der Waals surface area contributed by atoms with E-state index >= 15 is 0 Å². The lowest BCUT2D eigenvalue weighted by molar-refractivity contribution is -0.137. The van der Waals surface area contributed by atoms with E-state index in [9.17, 15) is 22.8 Å². The van der Waals surface area contributed by atoms with Crippen molar-refractivity contribution in [2.24, 2.45) is 5.73 Å². The Kier molecular flexibility index (Phi) is 6.46. The van der Waals surface area contributed by atoms with E-state index in [0.717, 1.165) is 12.1 Å². The Morgan fingerprint density at radius 3 is 2.35 bits per heavy atom. The molecule has 0 atom stereocenters. The summed E-state index contributed by atoms with van der Waals surface area (Å²) in [6, 6.07) is 9.50. The van der Waals surface area contributed by atoms with Crippen LogP contribution in [-0.4, -0.2) is 18.4 Å². The summed E-state index contributed by atoms with van der Waals surface area (Å²) in [7, 11) is 0. The highest BCUT2D eigenvalue weighted by atomic mass is 127. The van der Waals surface area contributed by atoms with Crippen molar-refractivity contribution in [2.75, 3.05) is 11.9 Å². The molecule has 9 heteroatoms. The molecule has 0 heterocycles. The highest BCUT2D eigenvalue weighted by molar-refractivity contribution is 14.1. The molecule has 0 unspecified atom stereocenters. The van der Waals surface area contributed by atoms with Gasteiger partial charge in [-0.2, -0.15) is 13.2 Å². The van der Waals surface area contributed by atoms with Gasteiger partial charge in [-0.05, 0) is 58.5 Å². The van der Waals surface area contributed by atoms with E-state index in [1.165, 1.54) is 6.07 Å². The van der Waals surface area contributed by atoms with E-state index in [1.807, 2.05) is 22.6 Å². The maximum Gasteiger partial charge on any atom is 0.416 e. The first-order valence-corrected chi connectivity index (χ1v) is 8.39. The number of amides is 2. The summed E-state index contributed by atoms with van der Waals surface area (Å²) in [6.45, 7) is -0.374. The molecule has 5 nitrogen and oxygen atoms in total. The highest BCUT2D eigenvalue weighted by Crippen LogP contribution is 2.32. The minimum absolute atomic E-state index is 0.0610. The Morgan fingerprint density at radius 2 is 1.77 bits per heavy atom. The second-order valence-corrected chi connectivity index (χ2v) is 6.48. The zero-order valence-corrected chi connectivity index (χ0v) is 15.4. The fourth-order valence-corrected chi connectivity index (χ4v) is 2.51. The van der Waals surface area contributed by atoms with Crippen molar-refractivity contribution in [1.29, 1.82) is 0 Å². The van der Waals surface area contributed by atoms with Gasteiger partial charge in [0.05, 0.1) is 17.7 Å². The molecule has 2 aromatic carbocycles.